The summed E-state index contributed by atoms with van der Waals surface area (Å²) in [6, 6.07) is 5.26. The molecule has 0 atom stereocenters. The first kappa shape index (κ1) is 18.9. The summed E-state index contributed by atoms with van der Waals surface area (Å²) in [6.45, 7) is 7.74. The lowest BCUT2D eigenvalue weighted by atomic mass is 10.1. The zero-order chi connectivity index (χ0) is 16.5. The Kier molecular flexibility index (Phi) is 8.42. The van der Waals surface area contributed by atoms with Crippen LogP contribution in [0.3, 0.4) is 0 Å². The van der Waals surface area contributed by atoms with E-state index in [9.17, 15) is 4.79 Å². The zero-order valence-corrected chi connectivity index (χ0v) is 15.6. The molecule has 122 valence electrons. The average Bonchev–Trinajstić information content (AvgIpc) is 2.46. The van der Waals surface area contributed by atoms with E-state index in [1.54, 1.807) is 18.2 Å². The summed E-state index contributed by atoms with van der Waals surface area (Å²) in [5.41, 5.74) is 0.531. The van der Waals surface area contributed by atoms with Crippen LogP contribution in [0.15, 0.2) is 22.7 Å². The van der Waals surface area contributed by atoms with Gasteiger partial charge in [-0.1, -0.05) is 20.8 Å². The highest BCUT2D eigenvalue weighted by Crippen LogP contribution is 2.26. The van der Waals surface area contributed by atoms with Gasteiger partial charge in [0.2, 0.25) is 0 Å². The number of ether oxygens (including phenoxy) is 1. The summed E-state index contributed by atoms with van der Waals surface area (Å²) >= 11 is 8.49. The number of carbonyl (C=O) groups excluding carboxylic acids is 1. The van der Waals surface area contributed by atoms with Crippen LogP contribution in [-0.4, -0.2) is 24.2 Å². The Balaban J connectivity index is 2.60. The minimum atomic E-state index is -0.233. The Morgan fingerprint density at radius 1 is 1.41 bits per heavy atom. The number of benzene rings is 1. The van der Waals surface area contributed by atoms with Gasteiger partial charge in [0.05, 0.1) is 11.1 Å². The topological polar surface area (TPSA) is 50.4 Å². The van der Waals surface area contributed by atoms with Crippen molar-refractivity contribution in [3.8, 4) is 5.75 Å². The molecular weight excluding hydrogens is 364 g/mol. The first-order valence-electron chi connectivity index (χ1n) is 7.45. The van der Waals surface area contributed by atoms with Crippen molar-refractivity contribution >= 4 is 39.2 Å². The van der Waals surface area contributed by atoms with E-state index in [0.717, 1.165) is 29.6 Å². The van der Waals surface area contributed by atoms with Crippen LogP contribution in [0.4, 0.5) is 0 Å². The van der Waals surface area contributed by atoms with E-state index in [-0.39, 0.29) is 5.91 Å². The third kappa shape index (κ3) is 6.75. The fourth-order valence-electron chi connectivity index (χ4n) is 1.62. The molecular formula is C16H23BrN2O2S. The second-order valence-electron chi connectivity index (χ2n) is 5.39. The van der Waals surface area contributed by atoms with E-state index in [2.05, 4.69) is 40.4 Å². The molecule has 0 saturated carbocycles. The second kappa shape index (κ2) is 9.79. The molecule has 1 rings (SSSR count). The van der Waals surface area contributed by atoms with Crippen molar-refractivity contribution in [3.63, 3.8) is 0 Å². The van der Waals surface area contributed by atoms with Crippen LogP contribution in [0.25, 0.3) is 0 Å². The van der Waals surface area contributed by atoms with Crippen molar-refractivity contribution in [3.05, 3.63) is 28.2 Å². The molecule has 2 N–H and O–H groups in total. The van der Waals surface area contributed by atoms with Gasteiger partial charge < -0.3 is 10.1 Å². The minimum Gasteiger partial charge on any atom is -0.492 e. The Hall–Kier alpha value is -1.14. The molecule has 0 fully saturated rings. The average molecular weight is 387 g/mol. The van der Waals surface area contributed by atoms with Crippen molar-refractivity contribution in [1.82, 2.24) is 10.6 Å². The van der Waals surface area contributed by atoms with E-state index in [1.165, 1.54) is 0 Å². The molecule has 0 heterocycles. The van der Waals surface area contributed by atoms with Gasteiger partial charge in [-0.05, 0) is 65.1 Å². The normalized spacial score (nSPS) is 10.4. The maximum Gasteiger partial charge on any atom is 0.257 e. The number of hydrogen-bond donors (Lipinski definition) is 2. The standard InChI is InChI=1S/C16H23BrN2O2S/c1-4-8-18-16(22)19-15(20)12-5-6-14(13(17)10-12)21-9-7-11(2)3/h5-6,10-11H,4,7-9H2,1-3H3,(H2,18,19,20,22). The highest BCUT2D eigenvalue weighted by atomic mass is 79.9. The summed E-state index contributed by atoms with van der Waals surface area (Å²) in [5, 5.41) is 5.96. The van der Waals surface area contributed by atoms with Crippen LogP contribution in [0.5, 0.6) is 5.75 Å². The number of nitrogens with one attached hydrogen (secondary N) is 2. The van der Waals surface area contributed by atoms with Crippen molar-refractivity contribution in [1.29, 1.82) is 0 Å². The van der Waals surface area contributed by atoms with Gasteiger partial charge in [0.15, 0.2) is 5.11 Å². The number of hydrogen-bond acceptors (Lipinski definition) is 3. The number of thiocarbonyl (C=S) groups is 1. The molecule has 4 nitrogen and oxygen atoms in total. The monoisotopic (exact) mass is 386 g/mol. The highest BCUT2D eigenvalue weighted by Gasteiger charge is 2.10. The van der Waals surface area contributed by atoms with Crippen molar-refractivity contribution in [2.24, 2.45) is 5.92 Å². The minimum absolute atomic E-state index is 0.233. The Morgan fingerprint density at radius 3 is 2.73 bits per heavy atom. The molecule has 0 aliphatic rings. The van der Waals surface area contributed by atoms with Gasteiger partial charge in [-0.3, -0.25) is 10.1 Å². The van der Waals surface area contributed by atoms with Crippen LogP contribution in [-0.2, 0) is 0 Å². The van der Waals surface area contributed by atoms with Crippen LogP contribution in [0.2, 0.25) is 0 Å². The van der Waals surface area contributed by atoms with E-state index in [4.69, 9.17) is 17.0 Å². The highest BCUT2D eigenvalue weighted by molar-refractivity contribution is 9.10. The lowest BCUT2D eigenvalue weighted by Gasteiger charge is -2.12. The first-order valence-corrected chi connectivity index (χ1v) is 8.65. The number of halogens is 1. The maximum absolute atomic E-state index is 12.1. The molecule has 0 unspecified atom stereocenters. The fourth-order valence-corrected chi connectivity index (χ4v) is 2.31. The molecule has 0 saturated heterocycles. The molecule has 0 spiro atoms. The lowest BCUT2D eigenvalue weighted by molar-refractivity contribution is 0.0976. The SMILES string of the molecule is CCCNC(=S)NC(=O)c1ccc(OCCC(C)C)c(Br)c1. The number of carbonyl (C=O) groups is 1. The molecule has 0 aromatic heterocycles. The van der Waals surface area contributed by atoms with Crippen molar-refractivity contribution < 1.29 is 9.53 Å². The Bertz CT molecular complexity index is 521. The van der Waals surface area contributed by atoms with Crippen LogP contribution >= 0.6 is 28.1 Å². The van der Waals surface area contributed by atoms with Gasteiger partial charge in [0, 0.05) is 12.1 Å². The zero-order valence-electron chi connectivity index (χ0n) is 13.2. The fraction of sp³-hybridized carbons (Fsp3) is 0.500. The van der Waals surface area contributed by atoms with E-state index < -0.39 is 0 Å². The third-order valence-electron chi connectivity index (χ3n) is 2.91. The Labute approximate surface area is 146 Å². The first-order chi connectivity index (χ1) is 10.4. The largest absolute Gasteiger partial charge is 0.492 e. The molecule has 0 aliphatic heterocycles. The molecule has 0 radical (unpaired) electrons. The Morgan fingerprint density at radius 2 is 2.14 bits per heavy atom. The smallest absolute Gasteiger partial charge is 0.257 e. The summed E-state index contributed by atoms with van der Waals surface area (Å²) < 4.78 is 6.46. The molecule has 0 bridgehead atoms. The number of rotatable bonds is 7. The quantitative estimate of drug-likeness (QED) is 0.697. The van der Waals surface area contributed by atoms with Gasteiger partial charge in [-0.25, -0.2) is 0 Å². The predicted octanol–water partition coefficient (Wildman–Crippen LogP) is 3.89. The van der Waals surface area contributed by atoms with Gasteiger partial charge in [-0.15, -0.1) is 0 Å². The van der Waals surface area contributed by atoms with E-state index in [0.29, 0.717) is 23.2 Å². The van der Waals surface area contributed by atoms with E-state index in [1.807, 2.05) is 6.92 Å². The van der Waals surface area contributed by atoms with Crippen LogP contribution in [0, 0.1) is 5.92 Å². The lowest BCUT2D eigenvalue weighted by Crippen LogP contribution is -2.39. The second-order valence-corrected chi connectivity index (χ2v) is 6.65. The van der Waals surface area contributed by atoms with Gasteiger partial charge in [0.1, 0.15) is 5.75 Å². The molecule has 6 heteroatoms. The predicted molar refractivity (Wildman–Crippen MR) is 97.4 cm³/mol. The van der Waals surface area contributed by atoms with E-state index >= 15 is 0 Å². The summed E-state index contributed by atoms with van der Waals surface area (Å²) in [7, 11) is 0. The molecule has 1 aromatic rings. The number of amides is 1. The molecule has 22 heavy (non-hydrogen) atoms. The van der Waals surface area contributed by atoms with Crippen molar-refractivity contribution in [2.45, 2.75) is 33.6 Å². The molecule has 0 aliphatic carbocycles. The third-order valence-corrected chi connectivity index (χ3v) is 3.78. The molecule has 1 aromatic carbocycles. The summed E-state index contributed by atoms with van der Waals surface area (Å²) in [6.07, 6.45) is 1.94. The van der Waals surface area contributed by atoms with Gasteiger partial charge >= 0.3 is 0 Å². The summed E-state index contributed by atoms with van der Waals surface area (Å²) in [4.78, 5) is 12.1. The maximum atomic E-state index is 12.1. The van der Waals surface area contributed by atoms with Crippen LogP contribution in [0.1, 0.15) is 44.0 Å². The summed E-state index contributed by atoms with van der Waals surface area (Å²) in [5.74, 6) is 1.10. The van der Waals surface area contributed by atoms with Crippen molar-refractivity contribution in [2.75, 3.05) is 13.2 Å². The van der Waals surface area contributed by atoms with Gasteiger partial charge in [-0.2, -0.15) is 0 Å². The molecule has 1 amide bonds. The van der Waals surface area contributed by atoms with Gasteiger partial charge in [0.25, 0.3) is 5.91 Å². The van der Waals surface area contributed by atoms with Crippen LogP contribution < -0.4 is 15.4 Å².